The molecule has 6 nitrogen and oxygen atoms in total. The highest BCUT2D eigenvalue weighted by molar-refractivity contribution is 5.82. The Labute approximate surface area is 95.7 Å². The summed E-state index contributed by atoms with van der Waals surface area (Å²) in [6.45, 7) is 7.05. The van der Waals surface area contributed by atoms with Crippen LogP contribution in [0.15, 0.2) is 0 Å². The Morgan fingerprint density at radius 3 is 2.31 bits per heavy atom. The average molecular weight is 232 g/mol. The molecule has 0 bridgehead atoms. The van der Waals surface area contributed by atoms with Crippen molar-refractivity contribution in [3.63, 3.8) is 0 Å². The molecule has 2 amide bonds. The Morgan fingerprint density at radius 1 is 1.31 bits per heavy atom. The summed E-state index contributed by atoms with van der Waals surface area (Å²) in [4.78, 5) is 22.6. The summed E-state index contributed by atoms with van der Waals surface area (Å²) in [6, 6.07) is 0. The SMILES string of the molecule is COCNC(=O)[C@H](C)OC(=O)NC(C)(C)C. The standard InChI is InChI=1S/C10H20N2O4/c1-7(8(13)11-6-15-5)16-9(14)12-10(2,3)4/h7H,6H2,1-5H3,(H,11,13)(H,12,14)/t7-/m0/s1. The summed E-state index contributed by atoms with van der Waals surface area (Å²) in [5.41, 5.74) is -0.389. The second-order valence-corrected chi connectivity index (χ2v) is 4.40. The van der Waals surface area contributed by atoms with E-state index >= 15 is 0 Å². The number of alkyl carbamates (subject to hydrolysis) is 1. The van der Waals surface area contributed by atoms with Crippen LogP contribution in [0.3, 0.4) is 0 Å². The van der Waals surface area contributed by atoms with E-state index < -0.39 is 18.1 Å². The third-order valence-corrected chi connectivity index (χ3v) is 1.52. The van der Waals surface area contributed by atoms with E-state index in [4.69, 9.17) is 4.74 Å². The predicted octanol–water partition coefficient (Wildman–Crippen LogP) is 0.620. The van der Waals surface area contributed by atoms with Crippen LogP contribution in [-0.4, -0.2) is 37.5 Å². The van der Waals surface area contributed by atoms with Gasteiger partial charge in [-0.3, -0.25) is 4.79 Å². The van der Waals surface area contributed by atoms with Crippen molar-refractivity contribution < 1.29 is 19.1 Å². The van der Waals surface area contributed by atoms with E-state index in [0.29, 0.717) is 0 Å². The fourth-order valence-electron chi connectivity index (χ4n) is 0.837. The van der Waals surface area contributed by atoms with Gasteiger partial charge in [0, 0.05) is 12.6 Å². The van der Waals surface area contributed by atoms with Crippen LogP contribution in [0.25, 0.3) is 0 Å². The first-order valence-corrected chi connectivity index (χ1v) is 5.01. The lowest BCUT2D eigenvalue weighted by Crippen LogP contribution is -2.44. The van der Waals surface area contributed by atoms with Crippen molar-refractivity contribution in [2.75, 3.05) is 13.8 Å². The first-order valence-electron chi connectivity index (χ1n) is 5.01. The number of ether oxygens (including phenoxy) is 2. The number of carbonyl (C=O) groups excluding carboxylic acids is 2. The maximum Gasteiger partial charge on any atom is 0.408 e. The highest BCUT2D eigenvalue weighted by Crippen LogP contribution is 2.00. The molecule has 0 aliphatic carbocycles. The van der Waals surface area contributed by atoms with Gasteiger partial charge in [-0.25, -0.2) is 4.79 Å². The van der Waals surface area contributed by atoms with Crippen molar-refractivity contribution in [3.05, 3.63) is 0 Å². The van der Waals surface area contributed by atoms with Gasteiger partial charge in [-0.05, 0) is 27.7 Å². The molecule has 0 rings (SSSR count). The van der Waals surface area contributed by atoms with Gasteiger partial charge in [-0.2, -0.15) is 0 Å². The van der Waals surface area contributed by atoms with E-state index in [0.717, 1.165) is 0 Å². The lowest BCUT2D eigenvalue weighted by molar-refractivity contribution is -0.130. The monoisotopic (exact) mass is 232 g/mol. The number of nitrogens with one attached hydrogen (secondary N) is 2. The Balaban J connectivity index is 3.99. The van der Waals surface area contributed by atoms with E-state index in [2.05, 4.69) is 15.4 Å². The topological polar surface area (TPSA) is 76.7 Å². The number of hydrogen-bond donors (Lipinski definition) is 2. The van der Waals surface area contributed by atoms with Gasteiger partial charge in [0.05, 0.1) is 0 Å². The Bertz CT molecular complexity index is 248. The molecule has 0 radical (unpaired) electrons. The quantitative estimate of drug-likeness (QED) is 0.697. The number of hydrogen-bond acceptors (Lipinski definition) is 4. The van der Waals surface area contributed by atoms with Gasteiger partial charge < -0.3 is 20.1 Å². The van der Waals surface area contributed by atoms with Gasteiger partial charge in [0.15, 0.2) is 6.10 Å². The Hall–Kier alpha value is -1.30. The number of amides is 2. The first kappa shape index (κ1) is 14.7. The van der Waals surface area contributed by atoms with Crippen molar-refractivity contribution in [2.24, 2.45) is 0 Å². The lowest BCUT2D eigenvalue weighted by Gasteiger charge is -2.21. The molecule has 94 valence electrons. The van der Waals surface area contributed by atoms with Crippen molar-refractivity contribution in [2.45, 2.75) is 39.3 Å². The van der Waals surface area contributed by atoms with Crippen LogP contribution in [0.5, 0.6) is 0 Å². The zero-order valence-electron chi connectivity index (χ0n) is 10.4. The van der Waals surface area contributed by atoms with Gasteiger partial charge in [0.25, 0.3) is 5.91 Å². The summed E-state index contributed by atoms with van der Waals surface area (Å²) in [7, 11) is 1.46. The lowest BCUT2D eigenvalue weighted by atomic mass is 10.1. The van der Waals surface area contributed by atoms with Crippen LogP contribution >= 0.6 is 0 Å². The number of carbonyl (C=O) groups is 2. The largest absolute Gasteiger partial charge is 0.436 e. The fourth-order valence-corrected chi connectivity index (χ4v) is 0.837. The summed E-state index contributed by atoms with van der Waals surface area (Å²) < 4.78 is 9.53. The molecule has 2 N–H and O–H groups in total. The molecule has 6 heteroatoms. The minimum absolute atomic E-state index is 0.0907. The van der Waals surface area contributed by atoms with Crippen molar-refractivity contribution in [3.8, 4) is 0 Å². The maximum atomic E-state index is 11.3. The van der Waals surface area contributed by atoms with Gasteiger partial charge in [0.1, 0.15) is 6.73 Å². The van der Waals surface area contributed by atoms with E-state index in [1.54, 1.807) is 0 Å². The fraction of sp³-hybridized carbons (Fsp3) is 0.800. The number of methoxy groups -OCH3 is 1. The molecule has 0 spiro atoms. The molecule has 1 atom stereocenters. The first-order chi connectivity index (χ1) is 7.26. The van der Waals surface area contributed by atoms with Crippen LogP contribution in [0.1, 0.15) is 27.7 Å². The molecule has 16 heavy (non-hydrogen) atoms. The van der Waals surface area contributed by atoms with Crippen molar-refractivity contribution in [1.29, 1.82) is 0 Å². The van der Waals surface area contributed by atoms with Crippen molar-refractivity contribution in [1.82, 2.24) is 10.6 Å². The number of rotatable bonds is 4. The third-order valence-electron chi connectivity index (χ3n) is 1.52. The van der Waals surface area contributed by atoms with Crippen LogP contribution in [-0.2, 0) is 14.3 Å². The molecular weight excluding hydrogens is 212 g/mol. The van der Waals surface area contributed by atoms with Crippen LogP contribution in [0.2, 0.25) is 0 Å². The summed E-state index contributed by atoms with van der Waals surface area (Å²) >= 11 is 0. The summed E-state index contributed by atoms with van der Waals surface area (Å²) in [6.07, 6.45) is -1.47. The molecule has 0 heterocycles. The highest BCUT2D eigenvalue weighted by atomic mass is 16.6. The van der Waals surface area contributed by atoms with Gasteiger partial charge in [-0.15, -0.1) is 0 Å². The minimum atomic E-state index is -0.850. The van der Waals surface area contributed by atoms with E-state index in [1.807, 2.05) is 20.8 Å². The summed E-state index contributed by atoms with van der Waals surface area (Å²) in [5.74, 6) is -0.397. The highest BCUT2D eigenvalue weighted by Gasteiger charge is 2.20. The zero-order valence-corrected chi connectivity index (χ0v) is 10.4. The molecule has 0 saturated carbocycles. The molecule has 0 aromatic rings. The van der Waals surface area contributed by atoms with Gasteiger partial charge in [-0.1, -0.05) is 0 Å². The van der Waals surface area contributed by atoms with Crippen LogP contribution in [0, 0.1) is 0 Å². The van der Waals surface area contributed by atoms with E-state index in [9.17, 15) is 9.59 Å². The average Bonchev–Trinajstić information content (AvgIpc) is 2.10. The zero-order chi connectivity index (χ0) is 12.8. The minimum Gasteiger partial charge on any atom is -0.436 e. The normalized spacial score (nSPS) is 12.8. The van der Waals surface area contributed by atoms with Crippen LogP contribution in [0.4, 0.5) is 4.79 Å². The van der Waals surface area contributed by atoms with E-state index in [1.165, 1.54) is 14.0 Å². The molecule has 0 aromatic heterocycles. The Morgan fingerprint density at radius 2 is 1.88 bits per heavy atom. The Kier molecular flexibility index (Phi) is 5.81. The van der Waals surface area contributed by atoms with Crippen molar-refractivity contribution >= 4 is 12.0 Å². The maximum absolute atomic E-state index is 11.3. The third kappa shape index (κ3) is 7.05. The second kappa shape index (κ2) is 6.32. The molecule has 0 fully saturated rings. The van der Waals surface area contributed by atoms with Gasteiger partial charge in [0.2, 0.25) is 0 Å². The van der Waals surface area contributed by atoms with Crippen LogP contribution < -0.4 is 10.6 Å². The predicted molar refractivity (Wildman–Crippen MR) is 58.9 cm³/mol. The molecule has 0 aromatic carbocycles. The van der Waals surface area contributed by atoms with Gasteiger partial charge >= 0.3 is 6.09 Å². The molecule has 0 aliphatic rings. The molecular formula is C10H20N2O4. The molecule has 0 saturated heterocycles. The summed E-state index contributed by atoms with van der Waals surface area (Å²) in [5, 5.41) is 5.02. The molecule has 0 aliphatic heterocycles. The second-order valence-electron chi connectivity index (χ2n) is 4.40. The van der Waals surface area contributed by atoms with E-state index in [-0.39, 0.29) is 12.3 Å². The smallest absolute Gasteiger partial charge is 0.408 e. The molecule has 0 unspecified atom stereocenters.